The highest BCUT2D eigenvalue weighted by molar-refractivity contribution is 6.37. The molecule has 1 aliphatic rings. The van der Waals surface area contributed by atoms with Crippen molar-refractivity contribution in [3.63, 3.8) is 0 Å². The topological polar surface area (TPSA) is 27.1 Å². The Morgan fingerprint density at radius 1 is 1.06 bits per heavy atom. The molecule has 2 aromatic carbocycles. The van der Waals surface area contributed by atoms with Crippen molar-refractivity contribution in [2.75, 3.05) is 0 Å². The van der Waals surface area contributed by atoms with Crippen LogP contribution in [0.25, 0.3) is 11.3 Å². The van der Waals surface area contributed by atoms with Gasteiger partial charge in [-0.15, -0.1) is 0 Å². The number of hydrogen-bond acceptors (Lipinski definition) is 2. The van der Waals surface area contributed by atoms with Gasteiger partial charge in [0.15, 0.2) is 11.9 Å². The van der Waals surface area contributed by atoms with Crippen LogP contribution in [-0.2, 0) is 12.8 Å². The van der Waals surface area contributed by atoms with E-state index in [2.05, 4.69) is 5.10 Å². The van der Waals surface area contributed by atoms with Crippen molar-refractivity contribution < 1.29 is 26.7 Å². The predicted octanol–water partition coefficient (Wildman–Crippen LogP) is 7.76. The summed E-state index contributed by atoms with van der Waals surface area (Å²) in [4.78, 5) is 0. The molecule has 0 aliphatic heterocycles. The average molecular weight is 501 g/mol. The SMILES string of the molecule is FC1=CC(c2ccc(OCc3cc(C(F)(F)F)nn3-c3c(Cl)cccc3Cl)cc2)=CCC1F. The maximum Gasteiger partial charge on any atom is 0.435 e. The van der Waals surface area contributed by atoms with E-state index in [0.29, 0.717) is 16.9 Å². The molecule has 3 aromatic rings. The van der Waals surface area contributed by atoms with Gasteiger partial charge in [0.1, 0.15) is 23.9 Å². The van der Waals surface area contributed by atoms with Crippen molar-refractivity contribution in [3.05, 3.63) is 93.5 Å². The van der Waals surface area contributed by atoms with E-state index in [4.69, 9.17) is 27.9 Å². The first-order valence-electron chi connectivity index (χ1n) is 9.68. The number of hydrogen-bond donors (Lipinski definition) is 0. The van der Waals surface area contributed by atoms with Crippen LogP contribution in [0, 0.1) is 0 Å². The molecule has 1 unspecified atom stereocenters. The molecule has 0 fully saturated rings. The van der Waals surface area contributed by atoms with Gasteiger partial charge in [0.25, 0.3) is 0 Å². The van der Waals surface area contributed by atoms with Gasteiger partial charge in [-0.05, 0) is 47.5 Å². The molecule has 1 heterocycles. The van der Waals surface area contributed by atoms with E-state index < -0.39 is 23.9 Å². The largest absolute Gasteiger partial charge is 0.487 e. The van der Waals surface area contributed by atoms with E-state index >= 15 is 0 Å². The second-order valence-electron chi connectivity index (χ2n) is 7.21. The van der Waals surface area contributed by atoms with E-state index in [1.165, 1.54) is 12.1 Å². The van der Waals surface area contributed by atoms with Gasteiger partial charge in [0.2, 0.25) is 0 Å². The lowest BCUT2D eigenvalue weighted by atomic mass is 9.98. The van der Waals surface area contributed by atoms with Gasteiger partial charge in [-0.1, -0.05) is 47.5 Å². The number of ether oxygens (including phenoxy) is 1. The van der Waals surface area contributed by atoms with Gasteiger partial charge >= 0.3 is 6.18 Å². The molecule has 1 atom stereocenters. The summed E-state index contributed by atoms with van der Waals surface area (Å²) < 4.78 is 73.3. The number of nitrogens with zero attached hydrogens (tertiary/aromatic N) is 2. The van der Waals surface area contributed by atoms with Crippen LogP contribution in [0.2, 0.25) is 10.0 Å². The van der Waals surface area contributed by atoms with Gasteiger partial charge in [0, 0.05) is 6.42 Å². The quantitative estimate of drug-likeness (QED) is 0.334. The standard InChI is InChI=1S/C23H15Cl2F5N2O/c24-17-2-1-3-18(25)22(17)32-15(11-21(31-32)23(28,29)30)12-33-16-7-4-13(5-8-16)14-6-9-19(26)20(27)10-14/h1-8,10-11,19H,9,12H2. The molecule has 33 heavy (non-hydrogen) atoms. The minimum Gasteiger partial charge on any atom is -0.487 e. The molecule has 0 N–H and O–H groups in total. The van der Waals surface area contributed by atoms with Crippen LogP contribution in [0.5, 0.6) is 5.75 Å². The highest BCUT2D eigenvalue weighted by Crippen LogP contribution is 2.34. The normalized spacial score (nSPS) is 16.4. The Labute approximate surface area is 195 Å². The van der Waals surface area contributed by atoms with Crippen LogP contribution in [0.1, 0.15) is 23.4 Å². The lowest BCUT2D eigenvalue weighted by Gasteiger charge is -2.14. The molecule has 0 saturated carbocycles. The second-order valence-corrected chi connectivity index (χ2v) is 8.02. The Morgan fingerprint density at radius 3 is 2.33 bits per heavy atom. The summed E-state index contributed by atoms with van der Waals surface area (Å²) in [5, 5.41) is 3.89. The summed E-state index contributed by atoms with van der Waals surface area (Å²) in [6.45, 7) is -0.259. The van der Waals surface area contributed by atoms with Gasteiger partial charge in [0.05, 0.1) is 15.7 Å². The van der Waals surface area contributed by atoms with Crippen molar-refractivity contribution in [1.29, 1.82) is 0 Å². The number of para-hydroxylation sites is 1. The smallest absolute Gasteiger partial charge is 0.435 e. The van der Waals surface area contributed by atoms with Crippen LogP contribution in [0.15, 0.2) is 66.5 Å². The van der Waals surface area contributed by atoms with E-state index in [-0.39, 0.29) is 34.5 Å². The maximum absolute atomic E-state index is 13.5. The minimum atomic E-state index is -4.68. The number of allylic oxidation sites excluding steroid dienone is 4. The molecular formula is C23H15Cl2F5N2O. The average Bonchev–Trinajstić information content (AvgIpc) is 3.19. The number of rotatable bonds is 5. The van der Waals surface area contributed by atoms with E-state index in [1.807, 2.05) is 0 Å². The third-order valence-electron chi connectivity index (χ3n) is 4.93. The molecule has 4 rings (SSSR count). The highest BCUT2D eigenvalue weighted by Gasteiger charge is 2.35. The molecule has 0 bridgehead atoms. The summed E-state index contributed by atoms with van der Waals surface area (Å²) >= 11 is 12.3. The Kier molecular flexibility index (Phi) is 6.50. The Morgan fingerprint density at radius 2 is 1.73 bits per heavy atom. The first-order valence-corrected chi connectivity index (χ1v) is 10.4. The van der Waals surface area contributed by atoms with Crippen molar-refractivity contribution in [2.45, 2.75) is 25.4 Å². The molecule has 0 saturated heterocycles. The van der Waals surface area contributed by atoms with Crippen LogP contribution in [-0.4, -0.2) is 16.0 Å². The summed E-state index contributed by atoms with van der Waals surface area (Å²) in [5.74, 6) is -0.477. The number of benzene rings is 2. The molecule has 1 aromatic heterocycles. The number of alkyl halides is 4. The molecule has 0 amide bonds. The van der Waals surface area contributed by atoms with E-state index in [1.54, 1.807) is 36.4 Å². The first kappa shape index (κ1) is 23.3. The summed E-state index contributed by atoms with van der Waals surface area (Å²) in [6.07, 6.45) is -3.63. The molecule has 3 nitrogen and oxygen atoms in total. The Hall–Kier alpha value is -2.84. The molecular weight excluding hydrogens is 486 g/mol. The van der Waals surface area contributed by atoms with Crippen molar-refractivity contribution in [3.8, 4) is 11.4 Å². The fourth-order valence-corrected chi connectivity index (χ4v) is 3.85. The number of aromatic nitrogens is 2. The van der Waals surface area contributed by atoms with Crippen molar-refractivity contribution in [1.82, 2.24) is 9.78 Å². The van der Waals surface area contributed by atoms with Crippen LogP contribution in [0.3, 0.4) is 0 Å². The fraction of sp³-hybridized carbons (Fsp3) is 0.174. The third-order valence-corrected chi connectivity index (χ3v) is 5.54. The van der Waals surface area contributed by atoms with Crippen LogP contribution in [0.4, 0.5) is 22.0 Å². The van der Waals surface area contributed by atoms with Crippen molar-refractivity contribution in [2.24, 2.45) is 0 Å². The molecule has 10 heteroatoms. The first-order chi connectivity index (χ1) is 15.6. The lowest BCUT2D eigenvalue weighted by Crippen LogP contribution is -2.09. The zero-order valence-electron chi connectivity index (χ0n) is 16.7. The highest BCUT2D eigenvalue weighted by atomic mass is 35.5. The Bertz CT molecular complexity index is 1210. The zero-order valence-corrected chi connectivity index (χ0v) is 18.2. The zero-order chi connectivity index (χ0) is 23.8. The summed E-state index contributed by atoms with van der Waals surface area (Å²) in [7, 11) is 0. The fourth-order valence-electron chi connectivity index (χ4n) is 3.29. The van der Waals surface area contributed by atoms with Gasteiger partial charge in [-0.3, -0.25) is 0 Å². The van der Waals surface area contributed by atoms with Crippen LogP contribution >= 0.6 is 23.2 Å². The van der Waals surface area contributed by atoms with E-state index in [0.717, 1.165) is 16.8 Å². The predicted molar refractivity (Wildman–Crippen MR) is 116 cm³/mol. The third kappa shape index (κ3) is 5.07. The Balaban J connectivity index is 1.58. The van der Waals surface area contributed by atoms with Gasteiger partial charge < -0.3 is 4.74 Å². The van der Waals surface area contributed by atoms with E-state index in [9.17, 15) is 22.0 Å². The lowest BCUT2D eigenvalue weighted by molar-refractivity contribution is -0.141. The second kappa shape index (κ2) is 9.19. The van der Waals surface area contributed by atoms with Gasteiger partial charge in [-0.2, -0.15) is 18.3 Å². The summed E-state index contributed by atoms with van der Waals surface area (Å²) in [5.41, 5.74) is 0.257. The molecule has 0 radical (unpaired) electrons. The van der Waals surface area contributed by atoms with Gasteiger partial charge in [-0.25, -0.2) is 13.5 Å². The maximum atomic E-state index is 13.5. The summed E-state index contributed by atoms with van der Waals surface area (Å²) in [6, 6.07) is 11.9. The molecule has 1 aliphatic carbocycles. The monoisotopic (exact) mass is 500 g/mol. The minimum absolute atomic E-state index is 0.0496. The van der Waals surface area contributed by atoms with Crippen molar-refractivity contribution >= 4 is 28.8 Å². The number of halogens is 7. The van der Waals surface area contributed by atoms with Crippen LogP contribution < -0.4 is 4.74 Å². The molecule has 172 valence electrons. The molecule has 0 spiro atoms.